The first-order valence-corrected chi connectivity index (χ1v) is 15.1. The smallest absolute Gasteiger partial charge is 0.406 e. The van der Waals surface area contributed by atoms with Gasteiger partial charge in [0.25, 0.3) is 0 Å². The minimum atomic E-state index is -5.84. The molecule has 4 rings (SSSR count). The van der Waals surface area contributed by atoms with Crippen LogP contribution in [0.4, 0.5) is 45.0 Å². The molecule has 1 aromatic heterocycles. The lowest BCUT2D eigenvalue weighted by atomic mass is 10.1. The molecule has 0 bridgehead atoms. The fraction of sp³-hybridized carbons (Fsp3) is 0.360. The number of nitrogens with zero attached hydrogens (tertiary/aromatic N) is 4. The average molecular weight is 703 g/mol. The van der Waals surface area contributed by atoms with Gasteiger partial charge in [-0.1, -0.05) is 35.6 Å². The number of ether oxygens (including phenoxy) is 1. The fourth-order valence-corrected chi connectivity index (χ4v) is 6.37. The lowest BCUT2D eigenvalue weighted by Crippen LogP contribution is -2.61. The van der Waals surface area contributed by atoms with Crippen molar-refractivity contribution in [2.24, 2.45) is 0 Å². The molecule has 0 spiro atoms. The molecule has 250 valence electrons. The topological polar surface area (TPSA) is 134 Å². The number of sulfonamides is 1. The summed E-state index contributed by atoms with van der Waals surface area (Å²) in [5.74, 6) is -6.80. The van der Waals surface area contributed by atoms with Crippen molar-refractivity contribution in [2.75, 3.05) is 25.0 Å². The summed E-state index contributed by atoms with van der Waals surface area (Å²) in [6.45, 7) is 0.0256. The van der Waals surface area contributed by atoms with Gasteiger partial charge in [-0.05, 0) is 36.8 Å². The second-order valence-electron chi connectivity index (χ2n) is 9.64. The van der Waals surface area contributed by atoms with E-state index in [0.717, 1.165) is 56.9 Å². The third-order valence-corrected chi connectivity index (χ3v) is 9.14. The van der Waals surface area contributed by atoms with Crippen LogP contribution in [0, 0.1) is 6.92 Å². The zero-order valence-electron chi connectivity index (χ0n) is 23.2. The van der Waals surface area contributed by atoms with E-state index in [1.165, 1.54) is 0 Å². The highest BCUT2D eigenvalue weighted by molar-refractivity contribution is 7.89. The van der Waals surface area contributed by atoms with Gasteiger partial charge in [-0.25, -0.2) is 13.2 Å². The molecule has 2 heterocycles. The van der Waals surface area contributed by atoms with E-state index in [1.54, 1.807) is 6.92 Å². The molecule has 3 aromatic rings. The van der Waals surface area contributed by atoms with Gasteiger partial charge in [-0.3, -0.25) is 10.1 Å². The minimum absolute atomic E-state index is 0.0850. The van der Waals surface area contributed by atoms with E-state index in [1.807, 2.05) is 0 Å². The number of halogens is 8. The van der Waals surface area contributed by atoms with Crippen LogP contribution in [0.15, 0.2) is 53.4 Å². The van der Waals surface area contributed by atoms with Crippen LogP contribution in [0.2, 0.25) is 0 Å². The van der Waals surface area contributed by atoms with Gasteiger partial charge in [-0.15, -0.1) is 23.4 Å². The van der Waals surface area contributed by atoms with Crippen molar-refractivity contribution in [3.63, 3.8) is 0 Å². The van der Waals surface area contributed by atoms with Crippen molar-refractivity contribution in [1.29, 1.82) is 0 Å². The molecule has 0 radical (unpaired) electrons. The van der Waals surface area contributed by atoms with E-state index in [2.05, 4.69) is 25.6 Å². The summed E-state index contributed by atoms with van der Waals surface area (Å²) in [5.41, 5.74) is -1.25. The van der Waals surface area contributed by atoms with Crippen LogP contribution in [0.3, 0.4) is 0 Å². The van der Waals surface area contributed by atoms with Crippen LogP contribution in [0.5, 0.6) is 5.75 Å². The molecule has 1 saturated heterocycles. The van der Waals surface area contributed by atoms with Gasteiger partial charge in [0.15, 0.2) is 0 Å². The number of aromatic nitrogens is 2. The molecule has 1 fully saturated rings. The van der Waals surface area contributed by atoms with Crippen LogP contribution in [-0.4, -0.2) is 78.0 Å². The molecule has 1 atom stereocenters. The number of carbonyl (C=O) groups excluding carboxylic acids is 2. The maximum absolute atomic E-state index is 13.6. The lowest BCUT2D eigenvalue weighted by Gasteiger charge is -2.39. The molecule has 1 aliphatic rings. The molecular formula is C25H22F8N6O5S2. The Morgan fingerprint density at radius 2 is 1.59 bits per heavy atom. The number of nitrogens with one attached hydrogen (secondary N) is 2. The highest BCUT2D eigenvalue weighted by Gasteiger charge is 2.58. The zero-order chi connectivity index (χ0) is 34.1. The first-order valence-electron chi connectivity index (χ1n) is 12.8. The fourth-order valence-electron chi connectivity index (χ4n) is 4.22. The minimum Gasteiger partial charge on any atom is -0.406 e. The lowest BCUT2D eigenvalue weighted by molar-refractivity contribution is -0.289. The van der Waals surface area contributed by atoms with Crippen LogP contribution in [0.1, 0.15) is 16.1 Å². The van der Waals surface area contributed by atoms with E-state index < -0.39 is 82.3 Å². The highest BCUT2D eigenvalue weighted by Crippen LogP contribution is 2.43. The maximum atomic E-state index is 13.6. The Bertz CT molecular complexity index is 1670. The van der Waals surface area contributed by atoms with Crippen LogP contribution in [0.25, 0.3) is 0 Å². The Kier molecular flexibility index (Phi) is 9.78. The normalized spacial score (nSPS) is 16.6. The average Bonchev–Trinajstić information content (AvgIpc) is 3.38. The predicted octanol–water partition coefficient (Wildman–Crippen LogP) is 4.62. The first-order chi connectivity index (χ1) is 21.3. The van der Waals surface area contributed by atoms with Crippen molar-refractivity contribution in [2.45, 2.75) is 42.9 Å². The number of amides is 3. The van der Waals surface area contributed by atoms with Crippen LogP contribution < -0.4 is 15.4 Å². The maximum Gasteiger partial charge on any atom is 0.573 e. The third-order valence-electron chi connectivity index (χ3n) is 6.46. The first kappa shape index (κ1) is 34.8. The molecule has 0 unspecified atom stereocenters. The van der Waals surface area contributed by atoms with Gasteiger partial charge < -0.3 is 15.0 Å². The Hall–Kier alpha value is -4.11. The molecule has 2 aromatic carbocycles. The van der Waals surface area contributed by atoms with Crippen molar-refractivity contribution in [3.8, 4) is 5.75 Å². The molecule has 2 N–H and O–H groups in total. The standard InChI is InChI=1S/C25H22F8N6O5S2/c1-14-36-37-21(45-14)35-22(41)38-10-11-39(46(42,43)18-8-6-17(7-9-18)44-25(31,32)33)19(13-38)20(40)34-12-15-2-4-16(5-3-15)23(26,27)24(28,29)30/h2-9,19H,10-13H2,1H3,(H,34,40)(H,35,37,41)/t19-/m1/s1. The summed E-state index contributed by atoms with van der Waals surface area (Å²) in [7, 11) is -4.57. The molecule has 11 nitrogen and oxygen atoms in total. The highest BCUT2D eigenvalue weighted by atomic mass is 32.2. The summed E-state index contributed by atoms with van der Waals surface area (Å²) in [5, 5.41) is 13.0. The van der Waals surface area contributed by atoms with Crippen LogP contribution >= 0.6 is 11.3 Å². The monoisotopic (exact) mass is 702 g/mol. The van der Waals surface area contributed by atoms with E-state index in [0.29, 0.717) is 17.1 Å². The van der Waals surface area contributed by atoms with Crippen LogP contribution in [-0.2, 0) is 27.3 Å². The number of carbonyl (C=O) groups is 2. The number of anilines is 1. The van der Waals surface area contributed by atoms with Crippen molar-refractivity contribution < 1.29 is 57.9 Å². The van der Waals surface area contributed by atoms with Gasteiger partial charge in [0.1, 0.15) is 16.8 Å². The Morgan fingerprint density at radius 3 is 2.13 bits per heavy atom. The van der Waals surface area contributed by atoms with Gasteiger partial charge >= 0.3 is 24.5 Å². The second kappa shape index (κ2) is 12.9. The third kappa shape index (κ3) is 7.99. The van der Waals surface area contributed by atoms with Gasteiger partial charge in [0, 0.05) is 31.7 Å². The van der Waals surface area contributed by atoms with E-state index in [4.69, 9.17) is 0 Å². The second-order valence-corrected chi connectivity index (χ2v) is 12.7. The number of benzene rings is 2. The molecule has 3 amide bonds. The molecule has 1 aliphatic heterocycles. The molecule has 46 heavy (non-hydrogen) atoms. The quantitative estimate of drug-likeness (QED) is 0.328. The van der Waals surface area contributed by atoms with Crippen molar-refractivity contribution in [1.82, 2.24) is 24.7 Å². The number of urea groups is 1. The number of hydrogen-bond donors (Lipinski definition) is 2. The van der Waals surface area contributed by atoms with E-state index >= 15 is 0 Å². The van der Waals surface area contributed by atoms with Crippen molar-refractivity contribution in [3.05, 3.63) is 64.7 Å². The Morgan fingerprint density at radius 1 is 0.957 bits per heavy atom. The summed E-state index contributed by atoms with van der Waals surface area (Å²) < 4.78 is 134. The molecule has 0 saturated carbocycles. The largest absolute Gasteiger partial charge is 0.573 e. The Balaban J connectivity index is 1.55. The molecule has 0 aliphatic carbocycles. The molecular weight excluding hydrogens is 680 g/mol. The van der Waals surface area contributed by atoms with Gasteiger partial charge in [0.2, 0.25) is 21.1 Å². The van der Waals surface area contributed by atoms with Gasteiger partial charge in [0.05, 0.1) is 4.90 Å². The predicted molar refractivity (Wildman–Crippen MR) is 144 cm³/mol. The number of hydrogen-bond acceptors (Lipinski definition) is 8. The zero-order valence-corrected chi connectivity index (χ0v) is 24.8. The van der Waals surface area contributed by atoms with Crippen molar-refractivity contribution >= 4 is 38.4 Å². The number of aryl methyl sites for hydroxylation is 1. The van der Waals surface area contributed by atoms with E-state index in [9.17, 15) is 53.1 Å². The number of rotatable bonds is 8. The summed E-state index contributed by atoms with van der Waals surface area (Å²) in [6, 6.07) is 3.71. The van der Waals surface area contributed by atoms with Gasteiger partial charge in [-0.2, -0.15) is 26.3 Å². The number of piperazine rings is 1. The Labute approximate surface area is 259 Å². The number of alkyl halides is 8. The summed E-state index contributed by atoms with van der Waals surface area (Å²) >= 11 is 1.05. The molecule has 21 heteroatoms. The SMILES string of the molecule is Cc1nnc(NC(=O)N2CCN(S(=O)(=O)c3ccc(OC(F)(F)F)cc3)[C@@H](C(=O)NCc3ccc(C(F)(F)C(F)(F)F)cc3)C2)s1. The summed E-state index contributed by atoms with van der Waals surface area (Å²) in [4.78, 5) is 26.9. The summed E-state index contributed by atoms with van der Waals surface area (Å²) in [6.07, 6.45) is -10.9. The van der Waals surface area contributed by atoms with E-state index in [-0.39, 0.29) is 17.2 Å².